The maximum atomic E-state index is 11.5. The van der Waals surface area contributed by atoms with E-state index in [1.165, 1.54) is 38.3 Å². The summed E-state index contributed by atoms with van der Waals surface area (Å²) in [5.74, 6) is 0.586. The van der Waals surface area contributed by atoms with Crippen molar-refractivity contribution in [3.05, 3.63) is 22.9 Å². The van der Waals surface area contributed by atoms with Crippen LogP contribution in [-0.4, -0.2) is 12.3 Å². The van der Waals surface area contributed by atoms with Crippen LogP contribution >= 0.6 is 0 Å². The van der Waals surface area contributed by atoms with Crippen molar-refractivity contribution in [3.8, 4) is 6.07 Å². The number of rotatable bonds is 8. The molecule has 0 amide bonds. The second kappa shape index (κ2) is 9.39. The molecule has 3 heteroatoms. The molecule has 1 N–H and O–H groups in total. The van der Waals surface area contributed by atoms with Gasteiger partial charge in [-0.3, -0.25) is 4.79 Å². The monoisotopic (exact) mass is 288 g/mol. The van der Waals surface area contributed by atoms with Gasteiger partial charge < -0.3 is 5.32 Å². The molecule has 0 bridgehead atoms. The number of unbranched alkanes of at least 4 members (excludes halogenated alkanes) is 1. The summed E-state index contributed by atoms with van der Waals surface area (Å²) in [7, 11) is 0. The van der Waals surface area contributed by atoms with Crippen LogP contribution in [0.1, 0.15) is 65.7 Å². The highest BCUT2D eigenvalue weighted by Gasteiger charge is 2.15. The van der Waals surface area contributed by atoms with Gasteiger partial charge in [-0.15, -0.1) is 0 Å². The van der Waals surface area contributed by atoms with Gasteiger partial charge in [0.2, 0.25) is 0 Å². The van der Waals surface area contributed by atoms with E-state index in [0.717, 1.165) is 31.4 Å². The molecule has 0 fully saturated rings. The Morgan fingerprint density at radius 2 is 2.19 bits per heavy atom. The first-order chi connectivity index (χ1) is 10.1. The van der Waals surface area contributed by atoms with Gasteiger partial charge in [0.25, 0.3) is 0 Å². The smallest absolute Gasteiger partial charge is 0.170 e. The zero-order valence-electron chi connectivity index (χ0n) is 13.7. The summed E-state index contributed by atoms with van der Waals surface area (Å²) >= 11 is 0. The first kappa shape index (κ1) is 17.5. The molecule has 0 aromatic rings. The van der Waals surface area contributed by atoms with Crippen molar-refractivity contribution in [2.45, 2.75) is 65.7 Å². The summed E-state index contributed by atoms with van der Waals surface area (Å²) in [6.45, 7) is 6.94. The first-order valence-electron chi connectivity index (χ1n) is 8.20. The number of hydrogen-bond donors (Lipinski definition) is 1. The van der Waals surface area contributed by atoms with Gasteiger partial charge in [-0.25, -0.2) is 0 Å². The second-order valence-corrected chi connectivity index (χ2v) is 5.89. The summed E-state index contributed by atoms with van der Waals surface area (Å²) in [6.07, 6.45) is 9.88. The third-order valence-electron chi connectivity index (χ3n) is 4.19. The maximum Gasteiger partial charge on any atom is 0.170 e. The minimum atomic E-state index is -0.126. The van der Waals surface area contributed by atoms with Crippen molar-refractivity contribution in [1.82, 2.24) is 5.32 Å². The van der Waals surface area contributed by atoms with Crippen LogP contribution in [0.15, 0.2) is 22.9 Å². The molecule has 0 aromatic heterocycles. The van der Waals surface area contributed by atoms with E-state index in [-0.39, 0.29) is 5.78 Å². The van der Waals surface area contributed by atoms with Crippen LogP contribution in [0.4, 0.5) is 0 Å². The Bertz CT molecular complexity index is 454. The van der Waals surface area contributed by atoms with Crippen LogP contribution in [0.2, 0.25) is 0 Å². The average molecular weight is 288 g/mol. The molecule has 0 radical (unpaired) electrons. The highest BCUT2D eigenvalue weighted by atomic mass is 16.1. The molecule has 0 aliphatic heterocycles. The number of nitrogens with one attached hydrogen (secondary N) is 1. The number of nitrogens with zero attached hydrogens (tertiary/aromatic N) is 1. The lowest BCUT2D eigenvalue weighted by atomic mass is 9.93. The van der Waals surface area contributed by atoms with E-state index in [1.807, 2.05) is 6.08 Å². The number of carbonyl (C=O) groups excluding carboxylic acids is 1. The van der Waals surface area contributed by atoms with E-state index in [1.54, 1.807) is 0 Å². The molecule has 1 rings (SSSR count). The summed E-state index contributed by atoms with van der Waals surface area (Å²) in [6, 6.07) is 2.05. The van der Waals surface area contributed by atoms with Gasteiger partial charge in [0.1, 0.15) is 6.07 Å². The maximum absolute atomic E-state index is 11.5. The summed E-state index contributed by atoms with van der Waals surface area (Å²) in [5, 5.41) is 12.6. The average Bonchev–Trinajstić information content (AvgIpc) is 2.48. The Labute approximate surface area is 129 Å². The number of allylic oxidation sites excluding steroid dienone is 4. The lowest BCUT2D eigenvalue weighted by molar-refractivity contribution is -0.113. The summed E-state index contributed by atoms with van der Waals surface area (Å²) in [4.78, 5) is 11.5. The Morgan fingerprint density at radius 1 is 1.43 bits per heavy atom. The van der Waals surface area contributed by atoms with Gasteiger partial charge in [-0.1, -0.05) is 33.1 Å². The first-order valence-corrected chi connectivity index (χ1v) is 8.20. The third-order valence-corrected chi connectivity index (χ3v) is 4.19. The van der Waals surface area contributed by atoms with E-state index < -0.39 is 0 Å². The fourth-order valence-corrected chi connectivity index (χ4v) is 2.76. The van der Waals surface area contributed by atoms with Crippen molar-refractivity contribution < 1.29 is 4.79 Å². The van der Waals surface area contributed by atoms with Crippen molar-refractivity contribution >= 4 is 5.78 Å². The largest absolute Gasteiger partial charge is 0.388 e. The Morgan fingerprint density at radius 3 is 2.76 bits per heavy atom. The molecule has 0 spiro atoms. The zero-order valence-corrected chi connectivity index (χ0v) is 13.7. The molecular formula is C18H28N2O. The molecule has 21 heavy (non-hydrogen) atoms. The number of carbonyl (C=O) groups is 1. The lowest BCUT2D eigenvalue weighted by Gasteiger charge is -2.21. The third kappa shape index (κ3) is 5.75. The van der Waals surface area contributed by atoms with Crippen LogP contribution in [-0.2, 0) is 4.79 Å². The SMILES string of the molecule is CCCCC(CC)CNC1=C/C(=C(/C#N)C(C)=O)CCC1. The normalized spacial score (nSPS) is 18.5. The molecule has 0 saturated heterocycles. The summed E-state index contributed by atoms with van der Waals surface area (Å²) < 4.78 is 0. The van der Waals surface area contributed by atoms with Crippen molar-refractivity contribution in [2.75, 3.05) is 6.54 Å². The van der Waals surface area contributed by atoms with Gasteiger partial charge in [-0.05, 0) is 50.2 Å². The minimum absolute atomic E-state index is 0.126. The van der Waals surface area contributed by atoms with E-state index >= 15 is 0 Å². The van der Waals surface area contributed by atoms with Gasteiger partial charge >= 0.3 is 0 Å². The topological polar surface area (TPSA) is 52.9 Å². The lowest BCUT2D eigenvalue weighted by Crippen LogP contribution is -2.23. The molecule has 1 aliphatic carbocycles. The molecular weight excluding hydrogens is 260 g/mol. The van der Waals surface area contributed by atoms with E-state index in [2.05, 4.69) is 25.2 Å². The van der Waals surface area contributed by atoms with Crippen LogP contribution in [0.5, 0.6) is 0 Å². The highest BCUT2D eigenvalue weighted by Crippen LogP contribution is 2.24. The van der Waals surface area contributed by atoms with Gasteiger partial charge in [0, 0.05) is 12.2 Å². The number of ketones is 1. The predicted molar refractivity (Wildman–Crippen MR) is 86.6 cm³/mol. The van der Waals surface area contributed by atoms with Crippen molar-refractivity contribution in [1.29, 1.82) is 5.26 Å². The number of Topliss-reactive ketones (excluding diaryl/α,β-unsaturated/α-hetero) is 1. The molecule has 0 heterocycles. The van der Waals surface area contributed by atoms with Gasteiger partial charge in [0.05, 0.1) is 5.57 Å². The summed E-state index contributed by atoms with van der Waals surface area (Å²) in [5.41, 5.74) is 2.41. The number of hydrogen-bond acceptors (Lipinski definition) is 3. The molecule has 0 saturated carbocycles. The molecule has 1 unspecified atom stereocenters. The zero-order chi connectivity index (χ0) is 15.7. The molecule has 1 aliphatic rings. The van der Waals surface area contributed by atoms with Crippen molar-refractivity contribution in [3.63, 3.8) is 0 Å². The Balaban J connectivity index is 2.68. The van der Waals surface area contributed by atoms with E-state index in [9.17, 15) is 4.79 Å². The second-order valence-electron chi connectivity index (χ2n) is 5.89. The minimum Gasteiger partial charge on any atom is -0.388 e. The number of nitriles is 1. The van der Waals surface area contributed by atoms with E-state index in [4.69, 9.17) is 5.26 Å². The van der Waals surface area contributed by atoms with Crippen LogP contribution < -0.4 is 5.32 Å². The molecule has 1 atom stereocenters. The van der Waals surface area contributed by atoms with Gasteiger partial charge in [-0.2, -0.15) is 5.26 Å². The Kier molecular flexibility index (Phi) is 7.82. The van der Waals surface area contributed by atoms with E-state index in [0.29, 0.717) is 11.5 Å². The van der Waals surface area contributed by atoms with Crippen molar-refractivity contribution in [2.24, 2.45) is 5.92 Å². The predicted octanol–water partition coefficient (Wildman–Crippen LogP) is 4.27. The molecule has 116 valence electrons. The highest BCUT2D eigenvalue weighted by molar-refractivity contribution is 5.98. The molecule has 0 aromatic carbocycles. The Hall–Kier alpha value is -1.56. The molecule has 3 nitrogen and oxygen atoms in total. The fraction of sp³-hybridized carbons (Fsp3) is 0.667. The van der Waals surface area contributed by atoms with Crippen LogP contribution in [0.25, 0.3) is 0 Å². The van der Waals surface area contributed by atoms with Crippen LogP contribution in [0.3, 0.4) is 0 Å². The standard InChI is InChI=1S/C18H28N2O/c1-4-6-8-15(5-2)13-20-17-10-7-9-16(11-17)18(12-19)14(3)21/h11,15,20H,4-10,13H2,1-3H3/b18-16-. The van der Waals surface area contributed by atoms with Crippen LogP contribution in [0, 0.1) is 17.2 Å². The van der Waals surface area contributed by atoms with Gasteiger partial charge in [0.15, 0.2) is 5.78 Å². The quantitative estimate of drug-likeness (QED) is 0.536. The fourth-order valence-electron chi connectivity index (χ4n) is 2.76.